The first-order chi connectivity index (χ1) is 9.04. The van der Waals surface area contributed by atoms with Crippen LogP contribution in [0.3, 0.4) is 0 Å². The molecule has 114 valence electrons. The van der Waals surface area contributed by atoms with Crippen molar-refractivity contribution in [2.24, 2.45) is 0 Å². The zero-order chi connectivity index (χ0) is 15.6. The second-order valence-electron chi connectivity index (χ2n) is 4.26. The van der Waals surface area contributed by atoms with E-state index in [0.717, 1.165) is 11.0 Å². The standard InChI is InChI=1S/C12H12ClF6N/c1-20(5-4-11(14,15)16)9-3-2-8(7-13)10(6-9)12(17,18)19/h2-3,6H,4-5,7H2,1H3. The molecule has 0 aliphatic carbocycles. The highest BCUT2D eigenvalue weighted by molar-refractivity contribution is 6.17. The lowest BCUT2D eigenvalue weighted by molar-refractivity contribution is -0.138. The van der Waals surface area contributed by atoms with Crippen molar-refractivity contribution in [3.05, 3.63) is 29.3 Å². The molecule has 0 fully saturated rings. The van der Waals surface area contributed by atoms with Gasteiger partial charge in [-0.2, -0.15) is 26.3 Å². The van der Waals surface area contributed by atoms with Crippen molar-refractivity contribution in [3.8, 4) is 0 Å². The third-order valence-corrected chi connectivity index (χ3v) is 3.00. The van der Waals surface area contributed by atoms with Gasteiger partial charge in [0.15, 0.2) is 0 Å². The molecule has 0 saturated carbocycles. The summed E-state index contributed by atoms with van der Waals surface area (Å²) in [6.07, 6.45) is -10.0. The van der Waals surface area contributed by atoms with Gasteiger partial charge in [-0.25, -0.2) is 0 Å². The number of alkyl halides is 7. The molecule has 0 aromatic heterocycles. The second-order valence-corrected chi connectivity index (χ2v) is 4.53. The van der Waals surface area contributed by atoms with Gasteiger partial charge in [-0.3, -0.25) is 0 Å². The van der Waals surface area contributed by atoms with Gasteiger partial charge >= 0.3 is 12.4 Å². The normalized spacial score (nSPS) is 12.6. The Morgan fingerprint density at radius 2 is 1.70 bits per heavy atom. The van der Waals surface area contributed by atoms with E-state index >= 15 is 0 Å². The first kappa shape index (κ1) is 16.9. The quantitative estimate of drug-likeness (QED) is 0.567. The van der Waals surface area contributed by atoms with Crippen LogP contribution >= 0.6 is 11.6 Å². The van der Waals surface area contributed by atoms with E-state index in [4.69, 9.17) is 11.6 Å². The zero-order valence-corrected chi connectivity index (χ0v) is 11.2. The summed E-state index contributed by atoms with van der Waals surface area (Å²) < 4.78 is 74.7. The first-order valence-corrected chi connectivity index (χ1v) is 6.12. The minimum Gasteiger partial charge on any atom is -0.374 e. The molecule has 0 bridgehead atoms. The van der Waals surface area contributed by atoms with E-state index in [2.05, 4.69) is 0 Å². The van der Waals surface area contributed by atoms with Crippen molar-refractivity contribution in [3.63, 3.8) is 0 Å². The van der Waals surface area contributed by atoms with Gasteiger partial charge in [0, 0.05) is 25.2 Å². The maximum Gasteiger partial charge on any atom is 0.416 e. The van der Waals surface area contributed by atoms with Gasteiger partial charge in [-0.1, -0.05) is 6.07 Å². The number of hydrogen-bond acceptors (Lipinski definition) is 1. The third kappa shape index (κ3) is 4.77. The Kier molecular flexibility index (Phi) is 5.18. The molecule has 1 nitrogen and oxygen atoms in total. The molecule has 0 amide bonds. The Morgan fingerprint density at radius 1 is 1.10 bits per heavy atom. The Labute approximate surface area is 117 Å². The van der Waals surface area contributed by atoms with Crippen LogP contribution in [0.5, 0.6) is 0 Å². The van der Waals surface area contributed by atoms with Crippen LogP contribution < -0.4 is 4.90 Å². The average molecular weight is 320 g/mol. The average Bonchev–Trinajstić information content (AvgIpc) is 2.33. The summed E-state index contributed by atoms with van der Waals surface area (Å²) in [7, 11) is 1.31. The number of benzene rings is 1. The maximum atomic E-state index is 12.8. The molecule has 1 aromatic rings. The van der Waals surface area contributed by atoms with Crippen LogP contribution in [0.4, 0.5) is 32.0 Å². The largest absolute Gasteiger partial charge is 0.416 e. The minimum atomic E-state index is -4.59. The fraction of sp³-hybridized carbons (Fsp3) is 0.500. The lowest BCUT2D eigenvalue weighted by atomic mass is 10.1. The molecule has 0 aliphatic heterocycles. The maximum absolute atomic E-state index is 12.8. The molecule has 20 heavy (non-hydrogen) atoms. The van der Waals surface area contributed by atoms with Crippen LogP contribution in [-0.4, -0.2) is 19.8 Å². The summed E-state index contributed by atoms with van der Waals surface area (Å²) in [6.45, 7) is -0.416. The molecule has 0 radical (unpaired) electrons. The monoisotopic (exact) mass is 319 g/mol. The van der Waals surface area contributed by atoms with E-state index in [-0.39, 0.29) is 17.1 Å². The highest BCUT2D eigenvalue weighted by Crippen LogP contribution is 2.35. The summed E-state index contributed by atoms with van der Waals surface area (Å²) in [5, 5.41) is 0. The molecule has 0 spiro atoms. The van der Waals surface area contributed by atoms with Crippen LogP contribution in [-0.2, 0) is 12.1 Å². The van der Waals surface area contributed by atoms with E-state index in [1.54, 1.807) is 0 Å². The van der Waals surface area contributed by atoms with Gasteiger partial charge in [0.25, 0.3) is 0 Å². The molecule has 0 heterocycles. The number of anilines is 1. The van der Waals surface area contributed by atoms with E-state index in [1.807, 2.05) is 0 Å². The van der Waals surface area contributed by atoms with Crippen molar-refractivity contribution >= 4 is 17.3 Å². The molecular formula is C12H12ClF6N. The Bertz CT molecular complexity index is 454. The van der Waals surface area contributed by atoms with Crippen molar-refractivity contribution in [2.75, 3.05) is 18.5 Å². The Balaban J connectivity index is 2.97. The van der Waals surface area contributed by atoms with Gasteiger partial charge in [0.05, 0.1) is 12.0 Å². The molecule has 1 aromatic carbocycles. The SMILES string of the molecule is CN(CCC(F)(F)F)c1ccc(CCl)c(C(F)(F)F)c1. The Hall–Kier alpha value is -1.11. The van der Waals surface area contributed by atoms with Gasteiger partial charge in [-0.15, -0.1) is 11.6 Å². The summed E-state index contributed by atoms with van der Waals surface area (Å²) in [6, 6.07) is 3.31. The molecule has 0 N–H and O–H groups in total. The van der Waals surface area contributed by atoms with Gasteiger partial charge in [0.1, 0.15) is 0 Å². The fourth-order valence-corrected chi connectivity index (χ4v) is 1.84. The van der Waals surface area contributed by atoms with Crippen LogP contribution in [0.1, 0.15) is 17.5 Å². The first-order valence-electron chi connectivity index (χ1n) is 5.58. The fourth-order valence-electron chi connectivity index (χ4n) is 1.61. The van der Waals surface area contributed by atoms with Crippen molar-refractivity contribution in [1.29, 1.82) is 0 Å². The predicted molar refractivity (Wildman–Crippen MR) is 64.9 cm³/mol. The van der Waals surface area contributed by atoms with E-state index < -0.39 is 30.9 Å². The van der Waals surface area contributed by atoms with Crippen molar-refractivity contribution in [2.45, 2.75) is 24.7 Å². The topological polar surface area (TPSA) is 3.24 Å². The number of nitrogens with zero attached hydrogens (tertiary/aromatic N) is 1. The molecular weight excluding hydrogens is 308 g/mol. The summed E-state index contributed by atoms with van der Waals surface area (Å²) >= 11 is 5.43. The van der Waals surface area contributed by atoms with Crippen LogP contribution in [0, 0.1) is 0 Å². The lowest BCUT2D eigenvalue weighted by Gasteiger charge is -2.22. The van der Waals surface area contributed by atoms with Crippen LogP contribution in [0.25, 0.3) is 0 Å². The van der Waals surface area contributed by atoms with Gasteiger partial charge in [-0.05, 0) is 17.7 Å². The number of rotatable bonds is 4. The summed E-state index contributed by atoms with van der Waals surface area (Å²) in [4.78, 5) is 1.13. The van der Waals surface area contributed by atoms with E-state index in [1.165, 1.54) is 19.2 Å². The highest BCUT2D eigenvalue weighted by atomic mass is 35.5. The van der Waals surface area contributed by atoms with Crippen LogP contribution in [0.15, 0.2) is 18.2 Å². The summed E-state index contributed by atoms with van der Waals surface area (Å²) in [5.41, 5.74) is -0.966. The lowest BCUT2D eigenvalue weighted by Crippen LogP contribution is -2.24. The van der Waals surface area contributed by atoms with Crippen molar-refractivity contribution < 1.29 is 26.3 Å². The second kappa shape index (κ2) is 6.11. The van der Waals surface area contributed by atoms with E-state index in [9.17, 15) is 26.3 Å². The zero-order valence-electron chi connectivity index (χ0n) is 10.4. The molecule has 8 heteroatoms. The molecule has 0 atom stereocenters. The Morgan fingerprint density at radius 3 is 2.15 bits per heavy atom. The molecule has 0 aliphatic rings. The molecule has 0 unspecified atom stereocenters. The van der Waals surface area contributed by atoms with Crippen molar-refractivity contribution in [1.82, 2.24) is 0 Å². The van der Waals surface area contributed by atoms with E-state index in [0.29, 0.717) is 0 Å². The van der Waals surface area contributed by atoms with Crippen LogP contribution in [0.2, 0.25) is 0 Å². The number of hydrogen-bond donors (Lipinski definition) is 0. The minimum absolute atomic E-state index is 0.0652. The number of halogens is 7. The summed E-state index contributed by atoms with van der Waals surface area (Å²) in [5.74, 6) is -0.318. The third-order valence-electron chi connectivity index (χ3n) is 2.71. The molecule has 1 rings (SSSR count). The predicted octanol–water partition coefficient (Wildman–Crippen LogP) is 4.83. The van der Waals surface area contributed by atoms with Gasteiger partial charge in [0.2, 0.25) is 0 Å². The van der Waals surface area contributed by atoms with Gasteiger partial charge < -0.3 is 4.90 Å². The highest BCUT2D eigenvalue weighted by Gasteiger charge is 2.34. The molecule has 0 saturated heterocycles. The smallest absolute Gasteiger partial charge is 0.374 e.